The first-order valence-corrected chi connectivity index (χ1v) is 6.76. The van der Waals surface area contributed by atoms with E-state index in [9.17, 15) is 9.59 Å². The first-order valence-electron chi connectivity index (χ1n) is 6.38. The van der Waals surface area contributed by atoms with Crippen LogP contribution in [0.15, 0.2) is 18.2 Å². The SMILES string of the molecule is CC(CCC(=O)O)CNC(=O)Nc1ccc(C#N)c(Cl)c1. The fourth-order valence-electron chi connectivity index (χ4n) is 1.60. The lowest BCUT2D eigenvalue weighted by molar-refractivity contribution is -0.137. The maximum atomic E-state index is 11.7. The van der Waals surface area contributed by atoms with Crippen molar-refractivity contribution in [3.63, 3.8) is 0 Å². The van der Waals surface area contributed by atoms with Crippen LogP contribution >= 0.6 is 11.6 Å². The third-order valence-corrected chi connectivity index (χ3v) is 3.12. The third kappa shape index (κ3) is 6.15. The van der Waals surface area contributed by atoms with Crippen LogP contribution < -0.4 is 10.6 Å². The van der Waals surface area contributed by atoms with Crippen LogP contribution in [0.3, 0.4) is 0 Å². The lowest BCUT2D eigenvalue weighted by Gasteiger charge is -2.12. The Morgan fingerprint density at radius 3 is 2.76 bits per heavy atom. The van der Waals surface area contributed by atoms with Crippen LogP contribution in [0.4, 0.5) is 10.5 Å². The Hall–Kier alpha value is -2.26. The highest BCUT2D eigenvalue weighted by Crippen LogP contribution is 2.20. The second kappa shape index (κ2) is 8.12. The van der Waals surface area contributed by atoms with E-state index >= 15 is 0 Å². The van der Waals surface area contributed by atoms with Gasteiger partial charge in [0, 0.05) is 18.7 Å². The predicted octanol–water partition coefficient (Wildman–Crippen LogP) is 2.83. The van der Waals surface area contributed by atoms with Crippen molar-refractivity contribution in [2.45, 2.75) is 19.8 Å². The number of hydrogen-bond acceptors (Lipinski definition) is 3. The Labute approximate surface area is 127 Å². The second-order valence-electron chi connectivity index (χ2n) is 4.68. The summed E-state index contributed by atoms with van der Waals surface area (Å²) < 4.78 is 0. The minimum Gasteiger partial charge on any atom is -0.481 e. The van der Waals surface area contributed by atoms with Gasteiger partial charge in [0.25, 0.3) is 0 Å². The quantitative estimate of drug-likeness (QED) is 0.751. The van der Waals surface area contributed by atoms with Crippen molar-refractivity contribution in [3.8, 4) is 6.07 Å². The Kier molecular flexibility index (Phi) is 6.50. The van der Waals surface area contributed by atoms with Gasteiger partial charge in [-0.25, -0.2) is 4.79 Å². The Morgan fingerprint density at radius 1 is 1.48 bits per heavy atom. The van der Waals surface area contributed by atoms with E-state index in [-0.39, 0.29) is 17.4 Å². The highest BCUT2D eigenvalue weighted by Gasteiger charge is 2.08. The van der Waals surface area contributed by atoms with Crippen LogP contribution in [0.1, 0.15) is 25.3 Å². The topological polar surface area (TPSA) is 102 Å². The molecule has 0 radical (unpaired) electrons. The van der Waals surface area contributed by atoms with E-state index in [1.165, 1.54) is 12.1 Å². The van der Waals surface area contributed by atoms with Crippen LogP contribution in [-0.4, -0.2) is 23.7 Å². The molecule has 7 heteroatoms. The molecule has 0 heterocycles. The zero-order chi connectivity index (χ0) is 15.8. The Morgan fingerprint density at radius 2 is 2.19 bits per heavy atom. The number of benzene rings is 1. The van der Waals surface area contributed by atoms with Crippen molar-refractivity contribution in [2.75, 3.05) is 11.9 Å². The van der Waals surface area contributed by atoms with Gasteiger partial charge < -0.3 is 15.7 Å². The number of urea groups is 1. The Bertz CT molecular complexity index is 569. The van der Waals surface area contributed by atoms with E-state index in [2.05, 4.69) is 10.6 Å². The zero-order valence-corrected chi connectivity index (χ0v) is 12.3. The van der Waals surface area contributed by atoms with Crippen molar-refractivity contribution >= 4 is 29.3 Å². The van der Waals surface area contributed by atoms with Crippen molar-refractivity contribution < 1.29 is 14.7 Å². The van der Waals surface area contributed by atoms with E-state index < -0.39 is 12.0 Å². The number of nitriles is 1. The van der Waals surface area contributed by atoms with E-state index in [0.717, 1.165) is 0 Å². The molecule has 0 bridgehead atoms. The molecule has 3 N–H and O–H groups in total. The highest BCUT2D eigenvalue weighted by atomic mass is 35.5. The maximum Gasteiger partial charge on any atom is 0.319 e. The van der Waals surface area contributed by atoms with Gasteiger partial charge in [0.2, 0.25) is 0 Å². The number of rotatable bonds is 6. The number of halogens is 1. The molecule has 0 fully saturated rings. The largest absolute Gasteiger partial charge is 0.481 e. The second-order valence-corrected chi connectivity index (χ2v) is 5.09. The van der Waals surface area contributed by atoms with Crippen LogP contribution in [0, 0.1) is 17.2 Å². The van der Waals surface area contributed by atoms with Crippen LogP contribution in [0.5, 0.6) is 0 Å². The summed E-state index contributed by atoms with van der Waals surface area (Å²) in [5, 5.41) is 22.8. The summed E-state index contributed by atoms with van der Waals surface area (Å²) >= 11 is 5.86. The normalized spacial score (nSPS) is 11.3. The summed E-state index contributed by atoms with van der Waals surface area (Å²) in [4.78, 5) is 22.1. The summed E-state index contributed by atoms with van der Waals surface area (Å²) in [6, 6.07) is 6.12. The molecular weight excluding hydrogens is 294 g/mol. The molecule has 0 aliphatic rings. The number of carbonyl (C=O) groups is 2. The van der Waals surface area contributed by atoms with Gasteiger partial charge in [-0.2, -0.15) is 5.26 Å². The minimum atomic E-state index is -0.849. The van der Waals surface area contributed by atoms with Crippen molar-refractivity contribution in [1.82, 2.24) is 5.32 Å². The van der Waals surface area contributed by atoms with Gasteiger partial charge in [0.05, 0.1) is 10.6 Å². The van der Waals surface area contributed by atoms with Gasteiger partial charge in [0.1, 0.15) is 6.07 Å². The van der Waals surface area contributed by atoms with Crippen molar-refractivity contribution in [2.24, 2.45) is 5.92 Å². The molecule has 112 valence electrons. The average Bonchev–Trinajstić information content (AvgIpc) is 2.43. The maximum absolute atomic E-state index is 11.7. The average molecular weight is 310 g/mol. The number of aliphatic carboxylic acids is 1. The van der Waals surface area contributed by atoms with Gasteiger partial charge in [-0.05, 0) is 30.5 Å². The fraction of sp³-hybridized carbons (Fsp3) is 0.357. The van der Waals surface area contributed by atoms with Gasteiger partial charge in [0.15, 0.2) is 0 Å². The van der Waals surface area contributed by atoms with E-state index in [4.69, 9.17) is 22.0 Å². The molecule has 0 aromatic heterocycles. The van der Waals surface area contributed by atoms with E-state index in [1.807, 2.05) is 13.0 Å². The van der Waals surface area contributed by atoms with E-state index in [0.29, 0.717) is 24.2 Å². The molecule has 1 aromatic carbocycles. The molecule has 1 aromatic rings. The van der Waals surface area contributed by atoms with Crippen LogP contribution in [0.2, 0.25) is 5.02 Å². The number of carboxylic acids is 1. The van der Waals surface area contributed by atoms with Gasteiger partial charge in [-0.1, -0.05) is 18.5 Å². The first kappa shape index (κ1) is 16.8. The van der Waals surface area contributed by atoms with Gasteiger partial charge in [-0.3, -0.25) is 4.79 Å². The molecule has 0 aliphatic carbocycles. The van der Waals surface area contributed by atoms with Crippen LogP contribution in [-0.2, 0) is 4.79 Å². The van der Waals surface area contributed by atoms with Gasteiger partial charge >= 0.3 is 12.0 Å². The number of hydrogen-bond donors (Lipinski definition) is 3. The van der Waals surface area contributed by atoms with Crippen molar-refractivity contribution in [1.29, 1.82) is 5.26 Å². The molecule has 1 unspecified atom stereocenters. The highest BCUT2D eigenvalue weighted by molar-refractivity contribution is 6.32. The molecule has 1 atom stereocenters. The zero-order valence-electron chi connectivity index (χ0n) is 11.5. The predicted molar refractivity (Wildman–Crippen MR) is 79.2 cm³/mol. The van der Waals surface area contributed by atoms with Gasteiger partial charge in [-0.15, -0.1) is 0 Å². The summed E-state index contributed by atoms with van der Waals surface area (Å²) in [7, 11) is 0. The molecule has 21 heavy (non-hydrogen) atoms. The first-order chi connectivity index (χ1) is 9.92. The minimum absolute atomic E-state index is 0.0661. The monoisotopic (exact) mass is 309 g/mol. The number of nitrogens with zero attached hydrogens (tertiary/aromatic N) is 1. The number of carboxylic acid groups (broad SMARTS) is 1. The number of amides is 2. The molecule has 0 saturated heterocycles. The molecule has 0 saturated carbocycles. The number of carbonyl (C=O) groups excluding carboxylic acids is 1. The fourth-order valence-corrected chi connectivity index (χ4v) is 1.82. The number of anilines is 1. The van der Waals surface area contributed by atoms with E-state index in [1.54, 1.807) is 6.07 Å². The lowest BCUT2D eigenvalue weighted by atomic mass is 10.1. The summed E-state index contributed by atoms with van der Waals surface area (Å²) in [6.07, 6.45) is 0.577. The summed E-state index contributed by atoms with van der Waals surface area (Å²) in [5.41, 5.74) is 0.819. The standard InChI is InChI=1S/C14H16ClN3O3/c1-9(2-5-13(19)20)8-17-14(21)18-11-4-3-10(7-16)12(15)6-11/h3-4,6,9H,2,5,8H2,1H3,(H,19,20)(H2,17,18,21). The molecule has 1 rings (SSSR count). The molecule has 0 spiro atoms. The Balaban J connectivity index is 2.42. The van der Waals surface area contributed by atoms with Crippen molar-refractivity contribution in [3.05, 3.63) is 28.8 Å². The third-order valence-electron chi connectivity index (χ3n) is 2.81. The van der Waals surface area contributed by atoms with Crippen LogP contribution in [0.25, 0.3) is 0 Å². The molecule has 2 amide bonds. The molecule has 6 nitrogen and oxygen atoms in total. The number of nitrogens with one attached hydrogen (secondary N) is 2. The molecular formula is C14H16ClN3O3. The molecule has 0 aliphatic heterocycles. The lowest BCUT2D eigenvalue weighted by Crippen LogP contribution is -2.32. The summed E-state index contributed by atoms with van der Waals surface area (Å²) in [5.74, 6) is -0.782. The summed E-state index contributed by atoms with van der Waals surface area (Å²) in [6.45, 7) is 2.24. The smallest absolute Gasteiger partial charge is 0.319 e.